The summed E-state index contributed by atoms with van der Waals surface area (Å²) in [7, 11) is 0. The highest BCUT2D eigenvalue weighted by molar-refractivity contribution is 7.98. The molecule has 1 unspecified atom stereocenters. The first-order valence-corrected chi connectivity index (χ1v) is 6.64. The Labute approximate surface area is 87.1 Å². The number of thiazole rings is 1. The molecule has 0 saturated carbocycles. The Morgan fingerprint density at radius 1 is 1.69 bits per heavy atom. The Hall–Kier alpha value is -0.0600. The Morgan fingerprint density at radius 2 is 2.69 bits per heavy atom. The Bertz CT molecular complexity index is 230. The zero-order chi connectivity index (χ0) is 8.93. The molecule has 2 heterocycles. The van der Waals surface area contributed by atoms with Gasteiger partial charge in [0, 0.05) is 16.8 Å². The zero-order valence-corrected chi connectivity index (χ0v) is 9.16. The quantitative estimate of drug-likeness (QED) is 0.829. The predicted molar refractivity (Wildman–Crippen MR) is 59.3 cm³/mol. The van der Waals surface area contributed by atoms with Crippen molar-refractivity contribution < 1.29 is 0 Å². The number of nitrogens with one attached hydrogen (secondary N) is 1. The van der Waals surface area contributed by atoms with Gasteiger partial charge in [0.15, 0.2) is 0 Å². The molecule has 2 nitrogen and oxygen atoms in total. The van der Waals surface area contributed by atoms with Crippen LogP contribution in [-0.2, 0) is 5.75 Å². The van der Waals surface area contributed by atoms with Crippen molar-refractivity contribution in [2.45, 2.75) is 12.2 Å². The van der Waals surface area contributed by atoms with Crippen molar-refractivity contribution >= 4 is 23.1 Å². The lowest BCUT2D eigenvalue weighted by molar-refractivity contribution is 0.662. The fraction of sp³-hybridized carbons (Fsp3) is 0.667. The molecule has 1 atom stereocenters. The maximum absolute atomic E-state index is 4.07. The molecule has 13 heavy (non-hydrogen) atoms. The van der Waals surface area contributed by atoms with Crippen LogP contribution >= 0.6 is 23.1 Å². The van der Waals surface area contributed by atoms with Gasteiger partial charge in [-0.05, 0) is 31.2 Å². The topological polar surface area (TPSA) is 24.9 Å². The maximum Gasteiger partial charge on any atom is 0.0794 e. The van der Waals surface area contributed by atoms with Crippen LogP contribution in [0, 0.1) is 5.92 Å². The van der Waals surface area contributed by atoms with Crippen LogP contribution in [0.4, 0.5) is 0 Å². The molecule has 0 spiro atoms. The Balaban J connectivity index is 1.63. The standard InChI is InChI=1S/C9H14N2S2/c1-2-10-3-8(1)5-12-6-9-4-11-7-13-9/h4,7-8,10H,1-3,5-6H2. The van der Waals surface area contributed by atoms with Gasteiger partial charge in [0.05, 0.1) is 5.51 Å². The van der Waals surface area contributed by atoms with Crippen molar-refractivity contribution in [2.24, 2.45) is 5.92 Å². The van der Waals surface area contributed by atoms with Crippen molar-refractivity contribution in [2.75, 3.05) is 18.8 Å². The molecule has 1 aliphatic rings. The summed E-state index contributed by atoms with van der Waals surface area (Å²) in [5.74, 6) is 3.34. The molecule has 0 aliphatic carbocycles. The second-order valence-electron chi connectivity index (χ2n) is 3.34. The van der Waals surface area contributed by atoms with E-state index in [0.29, 0.717) is 0 Å². The summed E-state index contributed by atoms with van der Waals surface area (Å²) in [5.41, 5.74) is 1.91. The van der Waals surface area contributed by atoms with E-state index in [1.807, 2.05) is 23.5 Å². The summed E-state index contributed by atoms with van der Waals surface area (Å²) in [6.07, 6.45) is 3.33. The van der Waals surface area contributed by atoms with Gasteiger partial charge in [0.2, 0.25) is 0 Å². The minimum absolute atomic E-state index is 0.901. The minimum Gasteiger partial charge on any atom is -0.316 e. The lowest BCUT2D eigenvalue weighted by Crippen LogP contribution is -2.10. The summed E-state index contributed by atoms with van der Waals surface area (Å²) in [5, 5.41) is 3.39. The summed E-state index contributed by atoms with van der Waals surface area (Å²) in [6, 6.07) is 0. The van der Waals surface area contributed by atoms with Gasteiger partial charge in [0.1, 0.15) is 0 Å². The average molecular weight is 214 g/mol. The molecule has 4 heteroatoms. The smallest absolute Gasteiger partial charge is 0.0794 e. The van der Waals surface area contributed by atoms with E-state index in [1.54, 1.807) is 11.3 Å². The second-order valence-corrected chi connectivity index (χ2v) is 5.34. The Kier molecular flexibility index (Phi) is 3.64. The van der Waals surface area contributed by atoms with Crippen LogP contribution in [-0.4, -0.2) is 23.8 Å². The summed E-state index contributed by atoms with van der Waals surface area (Å²) in [4.78, 5) is 5.46. The minimum atomic E-state index is 0.901. The van der Waals surface area contributed by atoms with E-state index < -0.39 is 0 Å². The molecular formula is C9H14N2S2. The first-order chi connectivity index (χ1) is 6.45. The Morgan fingerprint density at radius 3 is 3.38 bits per heavy atom. The molecule has 2 rings (SSSR count). The van der Waals surface area contributed by atoms with E-state index in [1.165, 1.54) is 30.1 Å². The van der Waals surface area contributed by atoms with Crippen LogP contribution in [0.5, 0.6) is 0 Å². The van der Waals surface area contributed by atoms with E-state index in [2.05, 4.69) is 10.3 Å². The molecule has 0 bridgehead atoms. The van der Waals surface area contributed by atoms with Crippen LogP contribution in [0.2, 0.25) is 0 Å². The number of hydrogen-bond donors (Lipinski definition) is 1. The van der Waals surface area contributed by atoms with E-state index in [9.17, 15) is 0 Å². The van der Waals surface area contributed by atoms with Crippen LogP contribution in [0.25, 0.3) is 0 Å². The lowest BCUT2D eigenvalue weighted by Gasteiger charge is -2.05. The van der Waals surface area contributed by atoms with Crippen LogP contribution in [0.3, 0.4) is 0 Å². The maximum atomic E-state index is 4.07. The molecule has 0 aromatic carbocycles. The zero-order valence-electron chi connectivity index (χ0n) is 7.53. The van der Waals surface area contributed by atoms with Gasteiger partial charge in [-0.15, -0.1) is 11.3 Å². The van der Waals surface area contributed by atoms with E-state index in [0.717, 1.165) is 11.7 Å². The molecule has 1 saturated heterocycles. The van der Waals surface area contributed by atoms with E-state index in [4.69, 9.17) is 0 Å². The van der Waals surface area contributed by atoms with Crippen molar-refractivity contribution in [1.82, 2.24) is 10.3 Å². The molecule has 0 amide bonds. The third-order valence-electron chi connectivity index (χ3n) is 2.24. The average Bonchev–Trinajstić information content (AvgIpc) is 2.75. The first kappa shape index (κ1) is 9.49. The third-order valence-corrected chi connectivity index (χ3v) is 4.43. The summed E-state index contributed by atoms with van der Waals surface area (Å²) < 4.78 is 0. The number of hydrogen-bond acceptors (Lipinski definition) is 4. The van der Waals surface area contributed by atoms with Crippen molar-refractivity contribution in [3.63, 3.8) is 0 Å². The van der Waals surface area contributed by atoms with Gasteiger partial charge in [-0.1, -0.05) is 0 Å². The van der Waals surface area contributed by atoms with Gasteiger partial charge in [-0.2, -0.15) is 11.8 Å². The van der Waals surface area contributed by atoms with Gasteiger partial charge >= 0.3 is 0 Å². The molecule has 72 valence electrons. The van der Waals surface area contributed by atoms with Gasteiger partial charge in [-0.3, -0.25) is 4.98 Å². The lowest BCUT2D eigenvalue weighted by atomic mass is 10.2. The number of rotatable bonds is 4. The molecule has 0 radical (unpaired) electrons. The highest BCUT2D eigenvalue weighted by atomic mass is 32.2. The van der Waals surface area contributed by atoms with Gasteiger partial charge in [-0.25, -0.2) is 0 Å². The molecular weight excluding hydrogens is 200 g/mol. The van der Waals surface area contributed by atoms with Crippen molar-refractivity contribution in [3.8, 4) is 0 Å². The monoisotopic (exact) mass is 214 g/mol. The SMILES string of the molecule is c1ncc(CSCC2CCNC2)s1. The van der Waals surface area contributed by atoms with Gasteiger partial charge < -0.3 is 5.32 Å². The fourth-order valence-electron chi connectivity index (χ4n) is 1.50. The number of thioether (sulfide) groups is 1. The van der Waals surface area contributed by atoms with Crippen molar-refractivity contribution in [1.29, 1.82) is 0 Å². The van der Waals surface area contributed by atoms with Crippen LogP contribution in [0.15, 0.2) is 11.7 Å². The summed E-state index contributed by atoms with van der Waals surface area (Å²) >= 11 is 3.80. The molecule has 1 N–H and O–H groups in total. The normalized spacial score (nSPS) is 22.3. The van der Waals surface area contributed by atoms with Crippen molar-refractivity contribution in [3.05, 3.63) is 16.6 Å². The summed E-state index contributed by atoms with van der Waals surface area (Å²) in [6.45, 7) is 2.43. The fourth-order valence-corrected chi connectivity index (χ4v) is 3.41. The van der Waals surface area contributed by atoms with Crippen LogP contribution in [0.1, 0.15) is 11.3 Å². The molecule has 1 fully saturated rings. The molecule has 1 aliphatic heterocycles. The largest absolute Gasteiger partial charge is 0.316 e. The highest BCUT2D eigenvalue weighted by Gasteiger charge is 2.13. The molecule has 1 aromatic heterocycles. The van der Waals surface area contributed by atoms with Gasteiger partial charge in [0.25, 0.3) is 0 Å². The van der Waals surface area contributed by atoms with Crippen LogP contribution < -0.4 is 5.32 Å². The predicted octanol–water partition coefficient (Wildman–Crippen LogP) is 1.99. The first-order valence-electron chi connectivity index (χ1n) is 4.61. The van der Waals surface area contributed by atoms with E-state index in [-0.39, 0.29) is 0 Å². The number of nitrogens with zero attached hydrogens (tertiary/aromatic N) is 1. The van der Waals surface area contributed by atoms with E-state index >= 15 is 0 Å². The highest BCUT2D eigenvalue weighted by Crippen LogP contribution is 2.20. The third kappa shape index (κ3) is 2.97. The molecule has 1 aromatic rings. The second kappa shape index (κ2) is 4.98. The number of aromatic nitrogens is 1.